The van der Waals surface area contributed by atoms with Crippen LogP contribution in [0.2, 0.25) is 5.28 Å². The maximum absolute atomic E-state index is 5.77. The van der Waals surface area contributed by atoms with E-state index in [-0.39, 0.29) is 0 Å². The number of anilines is 1. The molecular weight excluding hydrogens is 212 g/mol. The second-order valence-electron chi connectivity index (χ2n) is 3.90. The molecule has 2 heterocycles. The molecule has 1 aromatic rings. The molecule has 1 atom stereocenters. The van der Waals surface area contributed by atoms with Gasteiger partial charge in [-0.15, -0.1) is 0 Å². The lowest BCUT2D eigenvalue weighted by Crippen LogP contribution is -2.17. The molecule has 0 saturated carbocycles. The lowest BCUT2D eigenvalue weighted by Gasteiger charge is -2.10. The van der Waals surface area contributed by atoms with Gasteiger partial charge < -0.3 is 10.6 Å². The zero-order chi connectivity index (χ0) is 10.7. The Kier molecular flexibility index (Phi) is 3.38. The van der Waals surface area contributed by atoms with Gasteiger partial charge in [-0.2, -0.15) is 0 Å². The Morgan fingerprint density at radius 1 is 1.60 bits per heavy atom. The molecule has 0 aliphatic carbocycles. The predicted octanol–water partition coefficient (Wildman–Crippen LogP) is 1.46. The first kappa shape index (κ1) is 10.6. The van der Waals surface area contributed by atoms with E-state index in [0.29, 0.717) is 11.2 Å². The Labute approximate surface area is 94.5 Å². The van der Waals surface area contributed by atoms with E-state index in [9.17, 15) is 0 Å². The Morgan fingerprint density at radius 3 is 3.13 bits per heavy atom. The van der Waals surface area contributed by atoms with Crippen molar-refractivity contribution in [3.8, 4) is 0 Å². The minimum Gasteiger partial charge on any atom is -0.370 e. The lowest BCUT2D eigenvalue weighted by molar-refractivity contribution is 0.614. The number of nitrogens with zero attached hydrogens (tertiary/aromatic N) is 2. The highest BCUT2D eigenvalue weighted by Gasteiger charge is 2.14. The van der Waals surface area contributed by atoms with Crippen LogP contribution in [0.4, 0.5) is 5.82 Å². The lowest BCUT2D eigenvalue weighted by atomic mass is 10.1. The average Bonchev–Trinajstić information content (AvgIpc) is 2.65. The number of hydrogen-bond acceptors (Lipinski definition) is 4. The van der Waals surface area contributed by atoms with Crippen LogP contribution in [0.3, 0.4) is 0 Å². The second-order valence-corrected chi connectivity index (χ2v) is 4.24. The molecule has 0 unspecified atom stereocenters. The maximum atomic E-state index is 5.77. The van der Waals surface area contributed by atoms with E-state index in [2.05, 4.69) is 20.6 Å². The molecule has 1 aliphatic rings. The van der Waals surface area contributed by atoms with Crippen molar-refractivity contribution in [1.29, 1.82) is 0 Å². The molecule has 1 fully saturated rings. The van der Waals surface area contributed by atoms with E-state index in [1.54, 1.807) is 0 Å². The van der Waals surface area contributed by atoms with Gasteiger partial charge in [0.2, 0.25) is 5.28 Å². The molecule has 0 amide bonds. The SMILES string of the molecule is Cc1cc(NC[C@H]2CCNC2)nc(Cl)n1. The van der Waals surface area contributed by atoms with Crippen molar-refractivity contribution in [3.63, 3.8) is 0 Å². The summed E-state index contributed by atoms with van der Waals surface area (Å²) in [5.74, 6) is 1.51. The van der Waals surface area contributed by atoms with Gasteiger partial charge >= 0.3 is 0 Å². The van der Waals surface area contributed by atoms with Gasteiger partial charge in [0.05, 0.1) is 0 Å². The molecule has 2 N–H and O–H groups in total. The molecular formula is C10H15ClN4. The average molecular weight is 227 g/mol. The van der Waals surface area contributed by atoms with Crippen LogP contribution in [-0.4, -0.2) is 29.6 Å². The third-order valence-corrected chi connectivity index (χ3v) is 2.73. The number of rotatable bonds is 3. The predicted molar refractivity (Wildman–Crippen MR) is 61.2 cm³/mol. The van der Waals surface area contributed by atoms with Gasteiger partial charge in [-0.25, -0.2) is 9.97 Å². The number of nitrogens with one attached hydrogen (secondary N) is 2. The van der Waals surface area contributed by atoms with Crippen LogP contribution in [0.25, 0.3) is 0 Å². The molecule has 0 bridgehead atoms. The van der Waals surface area contributed by atoms with E-state index < -0.39 is 0 Å². The summed E-state index contributed by atoms with van der Waals surface area (Å²) in [4.78, 5) is 8.13. The van der Waals surface area contributed by atoms with Gasteiger partial charge in [-0.3, -0.25) is 0 Å². The van der Waals surface area contributed by atoms with Gasteiger partial charge in [0, 0.05) is 18.3 Å². The molecule has 0 spiro atoms. The molecule has 5 heteroatoms. The normalized spacial score (nSPS) is 20.5. The first-order valence-corrected chi connectivity index (χ1v) is 5.57. The smallest absolute Gasteiger partial charge is 0.224 e. The van der Waals surface area contributed by atoms with Crippen LogP contribution in [0.5, 0.6) is 0 Å². The van der Waals surface area contributed by atoms with Crippen molar-refractivity contribution in [3.05, 3.63) is 17.0 Å². The zero-order valence-corrected chi connectivity index (χ0v) is 9.51. The summed E-state index contributed by atoms with van der Waals surface area (Å²) in [6, 6.07) is 1.91. The van der Waals surface area contributed by atoms with E-state index in [1.807, 2.05) is 13.0 Å². The molecule has 4 nitrogen and oxygen atoms in total. The number of aryl methyl sites for hydroxylation is 1. The third kappa shape index (κ3) is 3.04. The fourth-order valence-corrected chi connectivity index (χ4v) is 1.98. The fourth-order valence-electron chi connectivity index (χ4n) is 1.76. The molecule has 1 aliphatic heterocycles. The highest BCUT2D eigenvalue weighted by atomic mass is 35.5. The molecule has 1 aromatic heterocycles. The van der Waals surface area contributed by atoms with Gasteiger partial charge in [0.1, 0.15) is 5.82 Å². The zero-order valence-electron chi connectivity index (χ0n) is 8.76. The van der Waals surface area contributed by atoms with Crippen molar-refractivity contribution >= 4 is 17.4 Å². The van der Waals surface area contributed by atoms with E-state index >= 15 is 0 Å². The fraction of sp³-hybridized carbons (Fsp3) is 0.600. The minimum absolute atomic E-state index is 0.307. The van der Waals surface area contributed by atoms with E-state index in [1.165, 1.54) is 6.42 Å². The second kappa shape index (κ2) is 4.77. The first-order chi connectivity index (χ1) is 7.24. The van der Waals surface area contributed by atoms with Crippen molar-refractivity contribution in [1.82, 2.24) is 15.3 Å². The number of halogens is 1. The highest BCUT2D eigenvalue weighted by molar-refractivity contribution is 6.28. The van der Waals surface area contributed by atoms with Crippen LogP contribution in [0, 0.1) is 12.8 Å². The molecule has 82 valence electrons. The van der Waals surface area contributed by atoms with Crippen LogP contribution >= 0.6 is 11.6 Å². The van der Waals surface area contributed by atoms with E-state index in [0.717, 1.165) is 31.1 Å². The maximum Gasteiger partial charge on any atom is 0.224 e. The third-order valence-electron chi connectivity index (χ3n) is 2.56. The molecule has 15 heavy (non-hydrogen) atoms. The van der Waals surface area contributed by atoms with Gasteiger partial charge in [-0.1, -0.05) is 0 Å². The Morgan fingerprint density at radius 2 is 2.47 bits per heavy atom. The van der Waals surface area contributed by atoms with Crippen LogP contribution < -0.4 is 10.6 Å². The van der Waals surface area contributed by atoms with Crippen molar-refractivity contribution in [2.24, 2.45) is 5.92 Å². The Balaban J connectivity index is 1.92. The van der Waals surface area contributed by atoms with Crippen molar-refractivity contribution in [2.75, 3.05) is 25.0 Å². The van der Waals surface area contributed by atoms with Crippen molar-refractivity contribution < 1.29 is 0 Å². The van der Waals surface area contributed by atoms with Gasteiger partial charge in [-0.05, 0) is 44.0 Å². The van der Waals surface area contributed by atoms with Crippen LogP contribution in [0.15, 0.2) is 6.07 Å². The molecule has 1 saturated heterocycles. The first-order valence-electron chi connectivity index (χ1n) is 5.20. The highest BCUT2D eigenvalue weighted by Crippen LogP contribution is 2.12. The number of hydrogen-bond donors (Lipinski definition) is 2. The summed E-state index contributed by atoms with van der Waals surface area (Å²) < 4.78 is 0. The quantitative estimate of drug-likeness (QED) is 0.767. The minimum atomic E-state index is 0.307. The standard InChI is InChI=1S/C10H15ClN4/c1-7-4-9(15-10(11)14-7)13-6-8-2-3-12-5-8/h4,8,12H,2-3,5-6H2,1H3,(H,13,14,15)/t8-/m0/s1. The number of aromatic nitrogens is 2. The Hall–Kier alpha value is -0.870. The largest absolute Gasteiger partial charge is 0.370 e. The van der Waals surface area contributed by atoms with Crippen LogP contribution in [0.1, 0.15) is 12.1 Å². The van der Waals surface area contributed by atoms with Gasteiger partial charge in [0.25, 0.3) is 0 Å². The monoisotopic (exact) mass is 226 g/mol. The van der Waals surface area contributed by atoms with Gasteiger partial charge in [0.15, 0.2) is 0 Å². The summed E-state index contributed by atoms with van der Waals surface area (Å²) >= 11 is 5.77. The summed E-state index contributed by atoms with van der Waals surface area (Å²) in [6.07, 6.45) is 1.23. The summed E-state index contributed by atoms with van der Waals surface area (Å²) in [6.45, 7) is 5.07. The summed E-state index contributed by atoms with van der Waals surface area (Å²) in [7, 11) is 0. The molecule has 2 rings (SSSR count). The molecule has 0 radical (unpaired) electrons. The summed E-state index contributed by atoms with van der Waals surface area (Å²) in [5, 5.41) is 6.93. The molecule has 0 aromatic carbocycles. The van der Waals surface area contributed by atoms with Crippen molar-refractivity contribution in [2.45, 2.75) is 13.3 Å². The summed E-state index contributed by atoms with van der Waals surface area (Å²) in [5.41, 5.74) is 0.891. The van der Waals surface area contributed by atoms with Crippen LogP contribution in [-0.2, 0) is 0 Å². The Bertz CT molecular complexity index is 316. The topological polar surface area (TPSA) is 49.8 Å². The van der Waals surface area contributed by atoms with E-state index in [4.69, 9.17) is 11.6 Å².